The molecule has 0 radical (unpaired) electrons. The summed E-state index contributed by atoms with van der Waals surface area (Å²) in [5.74, 6) is 1.10. The molecule has 7 nitrogen and oxygen atoms in total. The fourth-order valence-electron chi connectivity index (χ4n) is 3.12. The van der Waals surface area contributed by atoms with Gasteiger partial charge >= 0.3 is 6.03 Å². The molecule has 1 saturated heterocycles. The summed E-state index contributed by atoms with van der Waals surface area (Å²) in [7, 11) is 3.11. The quantitative estimate of drug-likeness (QED) is 0.849. The summed E-state index contributed by atoms with van der Waals surface area (Å²) in [5, 5.41) is 5.66. The number of carbonyl (C=O) groups excluding carboxylic acids is 2. The van der Waals surface area contributed by atoms with Gasteiger partial charge in [0.1, 0.15) is 0 Å². The Balaban J connectivity index is 1.64. The lowest BCUT2D eigenvalue weighted by molar-refractivity contribution is -0.117. The Morgan fingerprint density at radius 2 is 1.89 bits per heavy atom. The highest BCUT2D eigenvalue weighted by molar-refractivity contribution is 5.98. The number of rotatable bonds is 5. The minimum atomic E-state index is -0.326. The molecule has 1 aliphatic heterocycles. The van der Waals surface area contributed by atoms with Crippen LogP contribution in [0.1, 0.15) is 12.0 Å². The number of carbonyl (C=O) groups is 2. The zero-order chi connectivity index (χ0) is 19.4. The second-order valence-electron chi connectivity index (χ2n) is 6.41. The molecule has 3 amide bonds. The number of hydrogen-bond donors (Lipinski definition) is 2. The van der Waals surface area contributed by atoms with E-state index in [1.54, 1.807) is 37.3 Å². The van der Waals surface area contributed by atoms with E-state index in [2.05, 4.69) is 10.6 Å². The Hall–Kier alpha value is -3.22. The summed E-state index contributed by atoms with van der Waals surface area (Å²) in [4.78, 5) is 26.3. The van der Waals surface area contributed by atoms with Crippen molar-refractivity contribution in [1.29, 1.82) is 0 Å². The van der Waals surface area contributed by atoms with Crippen molar-refractivity contribution in [2.24, 2.45) is 0 Å². The fraction of sp³-hybridized carbons (Fsp3) is 0.300. The van der Waals surface area contributed by atoms with Crippen LogP contribution in [0.3, 0.4) is 0 Å². The van der Waals surface area contributed by atoms with Crippen molar-refractivity contribution < 1.29 is 19.1 Å². The summed E-state index contributed by atoms with van der Waals surface area (Å²) in [6.07, 6.45) is 0.246. The standard InChI is InChI=1S/C20H23N3O4/c1-13-5-4-6-14(9-13)21-20(25)22-15-10-19(24)23(12-15)16-7-8-17(26-2)18(11-16)27-3/h4-9,11,15H,10,12H2,1-3H3,(H2,21,22,25)/t15-/m1/s1. The van der Waals surface area contributed by atoms with E-state index in [1.807, 2.05) is 31.2 Å². The molecule has 27 heavy (non-hydrogen) atoms. The van der Waals surface area contributed by atoms with Gasteiger partial charge in [-0.2, -0.15) is 0 Å². The molecule has 1 atom stereocenters. The maximum absolute atomic E-state index is 12.4. The molecule has 1 aliphatic rings. The summed E-state index contributed by atoms with van der Waals surface area (Å²) >= 11 is 0. The van der Waals surface area contributed by atoms with E-state index in [9.17, 15) is 9.59 Å². The largest absolute Gasteiger partial charge is 0.493 e. The van der Waals surface area contributed by atoms with Crippen molar-refractivity contribution in [2.75, 3.05) is 31.0 Å². The SMILES string of the molecule is COc1ccc(N2C[C@H](NC(=O)Nc3cccc(C)c3)CC2=O)cc1OC. The molecule has 0 saturated carbocycles. The molecule has 7 heteroatoms. The third kappa shape index (κ3) is 4.31. The summed E-state index contributed by atoms with van der Waals surface area (Å²) in [6, 6.07) is 12.3. The van der Waals surface area contributed by atoms with Gasteiger partial charge < -0.3 is 25.0 Å². The number of benzene rings is 2. The van der Waals surface area contributed by atoms with Gasteiger partial charge in [-0.1, -0.05) is 12.1 Å². The average Bonchev–Trinajstić information content (AvgIpc) is 3.01. The first-order valence-corrected chi connectivity index (χ1v) is 8.66. The fourth-order valence-corrected chi connectivity index (χ4v) is 3.12. The molecular weight excluding hydrogens is 346 g/mol. The van der Waals surface area contributed by atoms with Gasteiger partial charge in [-0.3, -0.25) is 4.79 Å². The molecular formula is C20H23N3O4. The second kappa shape index (κ2) is 7.99. The smallest absolute Gasteiger partial charge is 0.319 e. The third-order valence-electron chi connectivity index (χ3n) is 4.41. The van der Waals surface area contributed by atoms with E-state index in [1.165, 1.54) is 0 Å². The Bertz CT molecular complexity index is 853. The maximum atomic E-state index is 12.4. The lowest BCUT2D eigenvalue weighted by Crippen LogP contribution is -2.39. The molecule has 2 aromatic rings. The third-order valence-corrected chi connectivity index (χ3v) is 4.41. The van der Waals surface area contributed by atoms with Crippen molar-refractivity contribution in [3.63, 3.8) is 0 Å². The molecule has 0 unspecified atom stereocenters. The molecule has 1 fully saturated rings. The number of aryl methyl sites for hydroxylation is 1. The monoisotopic (exact) mass is 369 g/mol. The normalized spacial score (nSPS) is 16.2. The lowest BCUT2D eigenvalue weighted by Gasteiger charge is -2.19. The van der Waals surface area contributed by atoms with Crippen molar-refractivity contribution in [2.45, 2.75) is 19.4 Å². The van der Waals surface area contributed by atoms with E-state index in [-0.39, 0.29) is 24.4 Å². The van der Waals surface area contributed by atoms with E-state index in [0.717, 1.165) is 5.56 Å². The van der Waals surface area contributed by atoms with Crippen LogP contribution in [0, 0.1) is 6.92 Å². The average molecular weight is 369 g/mol. The minimum Gasteiger partial charge on any atom is -0.493 e. The summed E-state index contributed by atoms with van der Waals surface area (Å²) in [5.41, 5.74) is 2.48. The van der Waals surface area contributed by atoms with Crippen LogP contribution in [0.2, 0.25) is 0 Å². The molecule has 0 aliphatic carbocycles. The van der Waals surface area contributed by atoms with E-state index in [4.69, 9.17) is 9.47 Å². The Kier molecular flexibility index (Phi) is 5.49. The number of urea groups is 1. The molecule has 142 valence electrons. The Labute approximate surface area is 158 Å². The van der Waals surface area contributed by atoms with Gasteiger partial charge in [0.25, 0.3) is 0 Å². The van der Waals surface area contributed by atoms with Crippen molar-refractivity contribution in [1.82, 2.24) is 5.32 Å². The van der Waals surface area contributed by atoms with Gasteiger partial charge in [0, 0.05) is 30.4 Å². The summed E-state index contributed by atoms with van der Waals surface area (Å²) in [6.45, 7) is 2.36. The van der Waals surface area contributed by atoms with Gasteiger partial charge in [-0.25, -0.2) is 4.79 Å². The van der Waals surface area contributed by atoms with Crippen molar-refractivity contribution >= 4 is 23.3 Å². The Morgan fingerprint density at radius 3 is 2.59 bits per heavy atom. The van der Waals surface area contributed by atoms with Crippen LogP contribution in [0.5, 0.6) is 11.5 Å². The van der Waals surface area contributed by atoms with Crippen LogP contribution >= 0.6 is 0 Å². The highest BCUT2D eigenvalue weighted by Gasteiger charge is 2.32. The summed E-state index contributed by atoms with van der Waals surface area (Å²) < 4.78 is 10.5. The van der Waals surface area contributed by atoms with E-state index < -0.39 is 0 Å². The van der Waals surface area contributed by atoms with Gasteiger partial charge in [-0.05, 0) is 36.8 Å². The van der Waals surface area contributed by atoms with Crippen LogP contribution < -0.4 is 25.0 Å². The van der Waals surface area contributed by atoms with Gasteiger partial charge in [0.05, 0.1) is 20.3 Å². The van der Waals surface area contributed by atoms with Crippen LogP contribution in [-0.4, -0.2) is 38.7 Å². The number of nitrogens with one attached hydrogen (secondary N) is 2. The van der Waals surface area contributed by atoms with Gasteiger partial charge in [0.15, 0.2) is 11.5 Å². The minimum absolute atomic E-state index is 0.0527. The Morgan fingerprint density at radius 1 is 1.11 bits per heavy atom. The topological polar surface area (TPSA) is 79.9 Å². The van der Waals surface area contributed by atoms with Crippen LogP contribution in [0.4, 0.5) is 16.2 Å². The molecule has 0 aromatic heterocycles. The predicted molar refractivity (Wildman–Crippen MR) is 104 cm³/mol. The first kappa shape index (κ1) is 18.6. The maximum Gasteiger partial charge on any atom is 0.319 e. The number of nitrogens with zero attached hydrogens (tertiary/aromatic N) is 1. The number of anilines is 2. The first-order chi connectivity index (χ1) is 13.0. The number of ether oxygens (including phenoxy) is 2. The number of hydrogen-bond acceptors (Lipinski definition) is 4. The molecule has 3 rings (SSSR count). The highest BCUT2D eigenvalue weighted by Crippen LogP contribution is 2.33. The zero-order valence-electron chi connectivity index (χ0n) is 15.6. The van der Waals surface area contributed by atoms with Crippen LogP contribution in [0.15, 0.2) is 42.5 Å². The van der Waals surface area contributed by atoms with E-state index in [0.29, 0.717) is 29.4 Å². The molecule has 2 N–H and O–H groups in total. The van der Waals surface area contributed by atoms with Gasteiger partial charge in [-0.15, -0.1) is 0 Å². The van der Waals surface area contributed by atoms with Crippen LogP contribution in [0.25, 0.3) is 0 Å². The van der Waals surface area contributed by atoms with Gasteiger partial charge in [0.2, 0.25) is 5.91 Å². The number of methoxy groups -OCH3 is 2. The van der Waals surface area contributed by atoms with E-state index >= 15 is 0 Å². The lowest BCUT2D eigenvalue weighted by atomic mass is 10.2. The molecule has 0 bridgehead atoms. The molecule has 0 spiro atoms. The second-order valence-corrected chi connectivity index (χ2v) is 6.41. The molecule has 1 heterocycles. The predicted octanol–water partition coefficient (Wildman–Crippen LogP) is 2.94. The van der Waals surface area contributed by atoms with Crippen molar-refractivity contribution in [3.8, 4) is 11.5 Å². The van der Waals surface area contributed by atoms with Crippen molar-refractivity contribution in [3.05, 3.63) is 48.0 Å². The zero-order valence-corrected chi connectivity index (χ0v) is 15.6. The van der Waals surface area contributed by atoms with Crippen LogP contribution in [-0.2, 0) is 4.79 Å². The highest BCUT2D eigenvalue weighted by atomic mass is 16.5. The molecule has 2 aromatic carbocycles. The number of amides is 3. The first-order valence-electron chi connectivity index (χ1n) is 8.66.